The summed E-state index contributed by atoms with van der Waals surface area (Å²) in [4.78, 5) is 11.1. The van der Waals surface area contributed by atoms with E-state index >= 15 is 0 Å². The summed E-state index contributed by atoms with van der Waals surface area (Å²) in [5.74, 6) is -0.670. The molecule has 3 nitrogen and oxygen atoms in total. The van der Waals surface area contributed by atoms with E-state index in [4.69, 9.17) is 0 Å². The monoisotopic (exact) mass is 289 g/mol. The molecule has 1 aromatic rings. The average Bonchev–Trinajstić information content (AvgIpc) is 2.26. The van der Waals surface area contributed by atoms with E-state index in [2.05, 4.69) is 26.0 Å². The van der Waals surface area contributed by atoms with Crippen LogP contribution in [0.4, 0.5) is 4.39 Å². The zero-order valence-corrected chi connectivity index (χ0v) is 10.7. The molecule has 0 saturated heterocycles. The maximum absolute atomic E-state index is 13.4. The van der Waals surface area contributed by atoms with Crippen LogP contribution in [0.1, 0.15) is 12.5 Å². The van der Waals surface area contributed by atoms with Crippen molar-refractivity contribution in [1.82, 2.24) is 5.32 Å². The summed E-state index contributed by atoms with van der Waals surface area (Å²) < 4.78 is 18.6. The molecule has 0 radical (unpaired) electrons. The topological polar surface area (TPSA) is 38.3 Å². The van der Waals surface area contributed by atoms with Crippen molar-refractivity contribution in [1.29, 1.82) is 0 Å². The van der Waals surface area contributed by atoms with Crippen molar-refractivity contribution in [3.8, 4) is 0 Å². The number of esters is 1. The number of carbonyl (C=O) groups is 1. The summed E-state index contributed by atoms with van der Waals surface area (Å²) in [6.07, 6.45) is 0. The fourth-order valence-corrected chi connectivity index (χ4v) is 1.52. The van der Waals surface area contributed by atoms with Gasteiger partial charge in [0.25, 0.3) is 0 Å². The highest BCUT2D eigenvalue weighted by Gasteiger charge is 2.12. The van der Waals surface area contributed by atoms with Crippen LogP contribution in [0.3, 0.4) is 0 Å². The number of benzene rings is 1. The lowest BCUT2D eigenvalue weighted by atomic mass is 10.2. The van der Waals surface area contributed by atoms with Gasteiger partial charge in [-0.15, -0.1) is 0 Å². The lowest BCUT2D eigenvalue weighted by Gasteiger charge is -2.11. The second-order valence-corrected chi connectivity index (χ2v) is 4.28. The Bertz CT molecular complexity index is 384. The number of hydrogen-bond donors (Lipinski definition) is 1. The number of nitrogens with one attached hydrogen (secondary N) is 1. The van der Waals surface area contributed by atoms with Crippen molar-refractivity contribution in [2.45, 2.75) is 19.5 Å². The highest BCUT2D eigenvalue weighted by Crippen LogP contribution is 2.15. The molecule has 5 heteroatoms. The van der Waals surface area contributed by atoms with E-state index in [0.29, 0.717) is 10.0 Å². The smallest absolute Gasteiger partial charge is 0.322 e. The molecular formula is C11H13BrFNO2. The van der Waals surface area contributed by atoms with Gasteiger partial charge in [0.2, 0.25) is 0 Å². The van der Waals surface area contributed by atoms with Gasteiger partial charge < -0.3 is 10.1 Å². The van der Waals surface area contributed by atoms with Gasteiger partial charge in [-0.1, -0.05) is 22.0 Å². The predicted molar refractivity (Wildman–Crippen MR) is 62.4 cm³/mol. The largest absolute Gasteiger partial charge is 0.468 e. The lowest BCUT2D eigenvalue weighted by molar-refractivity contribution is -0.142. The van der Waals surface area contributed by atoms with Crippen molar-refractivity contribution in [2.75, 3.05) is 7.11 Å². The summed E-state index contributed by atoms with van der Waals surface area (Å²) in [6, 6.07) is 4.35. The molecule has 0 aliphatic carbocycles. The first-order valence-electron chi connectivity index (χ1n) is 4.79. The normalized spacial score (nSPS) is 12.2. The second-order valence-electron chi connectivity index (χ2n) is 3.36. The third-order valence-electron chi connectivity index (χ3n) is 2.17. The van der Waals surface area contributed by atoms with Crippen molar-refractivity contribution < 1.29 is 13.9 Å². The van der Waals surface area contributed by atoms with Gasteiger partial charge in [-0.3, -0.25) is 4.79 Å². The van der Waals surface area contributed by atoms with Gasteiger partial charge in [0, 0.05) is 16.6 Å². The third kappa shape index (κ3) is 3.57. The molecule has 0 aromatic heterocycles. The van der Waals surface area contributed by atoms with Crippen LogP contribution in [-0.2, 0) is 16.1 Å². The van der Waals surface area contributed by atoms with Crippen molar-refractivity contribution in [3.05, 3.63) is 34.1 Å². The number of methoxy groups -OCH3 is 1. The molecule has 1 atom stereocenters. The Morgan fingerprint density at radius 3 is 2.88 bits per heavy atom. The van der Waals surface area contributed by atoms with Crippen molar-refractivity contribution >= 4 is 21.9 Å². The number of ether oxygens (including phenoxy) is 1. The molecular weight excluding hydrogens is 277 g/mol. The molecule has 1 N–H and O–H groups in total. The van der Waals surface area contributed by atoms with E-state index in [1.54, 1.807) is 19.1 Å². The summed E-state index contributed by atoms with van der Waals surface area (Å²) >= 11 is 3.18. The fourth-order valence-electron chi connectivity index (χ4n) is 1.19. The van der Waals surface area contributed by atoms with E-state index < -0.39 is 6.04 Å². The minimum absolute atomic E-state index is 0.287. The quantitative estimate of drug-likeness (QED) is 0.864. The zero-order valence-electron chi connectivity index (χ0n) is 9.09. The summed E-state index contributed by atoms with van der Waals surface area (Å²) in [6.45, 7) is 1.96. The van der Waals surface area contributed by atoms with Gasteiger partial charge in [-0.2, -0.15) is 0 Å². The van der Waals surface area contributed by atoms with Gasteiger partial charge in [0.15, 0.2) is 0 Å². The van der Waals surface area contributed by atoms with Gasteiger partial charge in [-0.05, 0) is 19.1 Å². The Balaban J connectivity index is 2.58. The minimum atomic E-state index is -0.451. The van der Waals surface area contributed by atoms with E-state index in [0.717, 1.165) is 0 Å². The van der Waals surface area contributed by atoms with Crippen LogP contribution in [0.25, 0.3) is 0 Å². The Morgan fingerprint density at radius 1 is 1.62 bits per heavy atom. The van der Waals surface area contributed by atoms with E-state index in [1.165, 1.54) is 13.2 Å². The second kappa shape index (κ2) is 5.96. The molecule has 0 aliphatic rings. The van der Waals surface area contributed by atoms with E-state index in [-0.39, 0.29) is 18.3 Å². The molecule has 1 aromatic carbocycles. The van der Waals surface area contributed by atoms with Gasteiger partial charge in [0.05, 0.1) is 7.11 Å². The first-order chi connectivity index (χ1) is 7.54. The van der Waals surface area contributed by atoms with Gasteiger partial charge in [-0.25, -0.2) is 4.39 Å². The maximum atomic E-state index is 13.4. The van der Waals surface area contributed by atoms with Crippen LogP contribution in [-0.4, -0.2) is 19.1 Å². The van der Waals surface area contributed by atoms with Crippen LogP contribution in [0.15, 0.2) is 22.7 Å². The van der Waals surface area contributed by atoms with Crippen LogP contribution < -0.4 is 5.32 Å². The zero-order chi connectivity index (χ0) is 12.1. The average molecular weight is 290 g/mol. The highest BCUT2D eigenvalue weighted by atomic mass is 79.9. The number of carbonyl (C=O) groups excluding carboxylic acids is 1. The van der Waals surface area contributed by atoms with Crippen molar-refractivity contribution in [2.24, 2.45) is 0 Å². The summed E-state index contributed by atoms with van der Waals surface area (Å²) in [5, 5.41) is 2.88. The van der Waals surface area contributed by atoms with Gasteiger partial charge in [0.1, 0.15) is 11.9 Å². The minimum Gasteiger partial charge on any atom is -0.468 e. The SMILES string of the molecule is COC(=O)C(C)NCc1ccc(Br)cc1F. The first kappa shape index (κ1) is 13.1. The molecule has 0 spiro atoms. The number of hydrogen-bond acceptors (Lipinski definition) is 3. The van der Waals surface area contributed by atoms with E-state index in [9.17, 15) is 9.18 Å². The fraction of sp³-hybridized carbons (Fsp3) is 0.364. The molecule has 16 heavy (non-hydrogen) atoms. The molecule has 88 valence electrons. The molecule has 0 saturated carbocycles. The van der Waals surface area contributed by atoms with Crippen LogP contribution in [0.2, 0.25) is 0 Å². The first-order valence-corrected chi connectivity index (χ1v) is 5.59. The summed E-state index contributed by atoms with van der Waals surface area (Å²) in [7, 11) is 1.32. The third-order valence-corrected chi connectivity index (χ3v) is 2.66. The number of halogens is 2. The lowest BCUT2D eigenvalue weighted by Crippen LogP contribution is -2.34. The van der Waals surface area contributed by atoms with Crippen LogP contribution in [0, 0.1) is 5.82 Å². The van der Waals surface area contributed by atoms with Crippen LogP contribution in [0.5, 0.6) is 0 Å². The standard InChI is InChI=1S/C11H13BrFNO2/c1-7(11(15)16-2)14-6-8-3-4-9(12)5-10(8)13/h3-5,7,14H,6H2,1-2H3. The van der Waals surface area contributed by atoms with Gasteiger partial charge >= 0.3 is 5.97 Å². The number of rotatable bonds is 4. The Hall–Kier alpha value is -0.940. The van der Waals surface area contributed by atoms with Crippen molar-refractivity contribution in [3.63, 3.8) is 0 Å². The molecule has 0 aliphatic heterocycles. The Labute approximate surface area is 102 Å². The van der Waals surface area contributed by atoms with Crippen LogP contribution >= 0.6 is 15.9 Å². The molecule has 0 bridgehead atoms. The molecule has 0 fully saturated rings. The molecule has 1 unspecified atom stereocenters. The Kier molecular flexibility index (Phi) is 4.89. The Morgan fingerprint density at radius 2 is 2.31 bits per heavy atom. The summed E-state index contributed by atoms with van der Waals surface area (Å²) in [5.41, 5.74) is 0.513. The maximum Gasteiger partial charge on any atom is 0.322 e. The molecule has 0 amide bonds. The van der Waals surface area contributed by atoms with E-state index in [1.807, 2.05) is 0 Å². The molecule has 1 rings (SSSR count). The highest BCUT2D eigenvalue weighted by molar-refractivity contribution is 9.10. The molecule has 0 heterocycles. The predicted octanol–water partition coefficient (Wildman–Crippen LogP) is 2.24.